The number of hydrogen-bond acceptors (Lipinski definition) is 1. The number of rotatable bonds is 0. The summed E-state index contributed by atoms with van der Waals surface area (Å²) in [7, 11) is 0. The molecular formula is C12H18O. The van der Waals surface area contributed by atoms with Gasteiger partial charge < -0.3 is 0 Å². The van der Waals surface area contributed by atoms with Crippen LogP contribution in [0.5, 0.6) is 0 Å². The summed E-state index contributed by atoms with van der Waals surface area (Å²) < 4.78 is 0. The summed E-state index contributed by atoms with van der Waals surface area (Å²) in [6.45, 7) is 4.56. The van der Waals surface area contributed by atoms with Crippen molar-refractivity contribution >= 4 is 5.78 Å². The van der Waals surface area contributed by atoms with E-state index in [1.807, 2.05) is 6.08 Å². The van der Waals surface area contributed by atoms with Gasteiger partial charge in [-0.15, -0.1) is 0 Å². The zero-order chi connectivity index (χ0) is 9.47. The van der Waals surface area contributed by atoms with Crippen LogP contribution >= 0.6 is 0 Å². The first kappa shape index (κ1) is 8.98. The minimum atomic E-state index is 0.291. The Morgan fingerprint density at radius 2 is 2.15 bits per heavy atom. The molecule has 0 saturated heterocycles. The molecular weight excluding hydrogens is 160 g/mol. The van der Waals surface area contributed by atoms with Crippen molar-refractivity contribution in [2.75, 3.05) is 0 Å². The second kappa shape index (κ2) is 2.97. The van der Waals surface area contributed by atoms with Gasteiger partial charge in [0.15, 0.2) is 5.78 Å². The lowest BCUT2D eigenvalue weighted by atomic mass is 9.64. The molecule has 0 heterocycles. The molecule has 0 aliphatic heterocycles. The molecule has 1 saturated carbocycles. The van der Waals surface area contributed by atoms with Gasteiger partial charge in [-0.05, 0) is 36.7 Å². The third-order valence-corrected chi connectivity index (χ3v) is 3.63. The Bertz CT molecular complexity index is 260. The maximum Gasteiger partial charge on any atom is 0.155 e. The van der Waals surface area contributed by atoms with Gasteiger partial charge >= 0.3 is 0 Å². The van der Waals surface area contributed by atoms with Crippen LogP contribution in [0.15, 0.2) is 11.6 Å². The van der Waals surface area contributed by atoms with Gasteiger partial charge in [0.2, 0.25) is 0 Å². The van der Waals surface area contributed by atoms with Crippen molar-refractivity contribution in [2.24, 2.45) is 11.3 Å². The summed E-state index contributed by atoms with van der Waals surface area (Å²) in [5.41, 5.74) is 1.73. The van der Waals surface area contributed by atoms with Gasteiger partial charge in [0, 0.05) is 6.42 Å². The first-order valence-corrected chi connectivity index (χ1v) is 5.34. The molecule has 0 aromatic rings. The van der Waals surface area contributed by atoms with Gasteiger partial charge in [-0.1, -0.05) is 25.8 Å². The quantitative estimate of drug-likeness (QED) is 0.557. The highest BCUT2D eigenvalue weighted by atomic mass is 16.1. The first-order valence-electron chi connectivity index (χ1n) is 5.34. The molecule has 1 nitrogen and oxygen atoms in total. The molecule has 1 heteroatoms. The van der Waals surface area contributed by atoms with Crippen LogP contribution in [0.1, 0.15) is 46.0 Å². The molecule has 2 aliphatic carbocycles. The molecule has 1 atom stereocenters. The third kappa shape index (κ3) is 1.56. The van der Waals surface area contributed by atoms with Gasteiger partial charge in [-0.25, -0.2) is 0 Å². The summed E-state index contributed by atoms with van der Waals surface area (Å²) in [6, 6.07) is 0. The fraction of sp³-hybridized carbons (Fsp3) is 0.750. The number of hydrogen-bond donors (Lipinski definition) is 0. The zero-order valence-electron chi connectivity index (χ0n) is 8.60. The third-order valence-electron chi connectivity index (χ3n) is 3.63. The fourth-order valence-electron chi connectivity index (χ4n) is 2.82. The number of allylic oxidation sites excluding steroid dienone is 2. The minimum Gasteiger partial charge on any atom is -0.295 e. The van der Waals surface area contributed by atoms with Crippen molar-refractivity contribution in [3.63, 3.8) is 0 Å². The highest BCUT2D eigenvalue weighted by Crippen LogP contribution is 2.46. The molecule has 72 valence electrons. The molecule has 0 amide bonds. The monoisotopic (exact) mass is 178 g/mol. The Labute approximate surface area is 80.2 Å². The van der Waals surface area contributed by atoms with E-state index in [0.29, 0.717) is 11.2 Å². The lowest BCUT2D eigenvalue weighted by Gasteiger charge is -2.40. The van der Waals surface area contributed by atoms with E-state index in [4.69, 9.17) is 0 Å². The van der Waals surface area contributed by atoms with E-state index in [2.05, 4.69) is 13.8 Å². The highest BCUT2D eigenvalue weighted by molar-refractivity contribution is 5.91. The van der Waals surface area contributed by atoms with Crippen molar-refractivity contribution < 1.29 is 4.79 Å². The number of carbonyl (C=O) groups excluding carboxylic acids is 1. The van der Waals surface area contributed by atoms with Crippen molar-refractivity contribution in [3.05, 3.63) is 11.6 Å². The minimum absolute atomic E-state index is 0.291. The molecule has 0 aromatic heterocycles. The second-order valence-electron chi connectivity index (χ2n) is 5.08. The molecule has 0 radical (unpaired) electrons. The lowest BCUT2D eigenvalue weighted by molar-refractivity contribution is -0.115. The van der Waals surface area contributed by atoms with Crippen molar-refractivity contribution in [3.8, 4) is 0 Å². The van der Waals surface area contributed by atoms with Crippen LogP contribution in [-0.4, -0.2) is 5.78 Å². The van der Waals surface area contributed by atoms with Crippen LogP contribution in [0.4, 0.5) is 0 Å². The summed E-state index contributed by atoms with van der Waals surface area (Å²) in [5.74, 6) is 1.07. The van der Waals surface area contributed by atoms with Gasteiger partial charge in [0.1, 0.15) is 0 Å². The van der Waals surface area contributed by atoms with Crippen LogP contribution in [0.2, 0.25) is 0 Å². The molecule has 1 fully saturated rings. The normalized spacial score (nSPS) is 32.3. The van der Waals surface area contributed by atoms with Crippen molar-refractivity contribution in [2.45, 2.75) is 46.0 Å². The highest BCUT2D eigenvalue weighted by Gasteiger charge is 2.35. The summed E-state index contributed by atoms with van der Waals surface area (Å²) in [6.07, 6.45) is 7.72. The lowest BCUT2D eigenvalue weighted by Crippen LogP contribution is -2.29. The van der Waals surface area contributed by atoms with E-state index >= 15 is 0 Å². The van der Waals surface area contributed by atoms with E-state index in [0.717, 1.165) is 18.8 Å². The second-order valence-corrected chi connectivity index (χ2v) is 5.08. The van der Waals surface area contributed by atoms with E-state index in [1.54, 1.807) is 0 Å². The van der Waals surface area contributed by atoms with E-state index < -0.39 is 0 Å². The van der Waals surface area contributed by atoms with Gasteiger partial charge in [0.05, 0.1) is 0 Å². The van der Waals surface area contributed by atoms with Crippen molar-refractivity contribution in [1.82, 2.24) is 0 Å². The zero-order valence-corrected chi connectivity index (χ0v) is 8.60. The van der Waals surface area contributed by atoms with Crippen LogP contribution in [0.25, 0.3) is 0 Å². The Morgan fingerprint density at radius 1 is 1.38 bits per heavy atom. The van der Waals surface area contributed by atoms with Crippen LogP contribution in [0, 0.1) is 11.3 Å². The van der Waals surface area contributed by atoms with E-state index in [-0.39, 0.29) is 0 Å². The summed E-state index contributed by atoms with van der Waals surface area (Å²) >= 11 is 0. The summed E-state index contributed by atoms with van der Waals surface area (Å²) in [5, 5.41) is 0. The largest absolute Gasteiger partial charge is 0.295 e. The SMILES string of the molecule is CC1(C)CCCC2CCC(=O)C=C21. The molecule has 13 heavy (non-hydrogen) atoms. The summed E-state index contributed by atoms with van der Waals surface area (Å²) in [4.78, 5) is 11.3. The van der Waals surface area contributed by atoms with Gasteiger partial charge in [0.25, 0.3) is 0 Å². The predicted octanol–water partition coefficient (Wildman–Crippen LogP) is 3.10. The molecule has 0 spiro atoms. The maximum atomic E-state index is 11.3. The van der Waals surface area contributed by atoms with Gasteiger partial charge in [-0.2, -0.15) is 0 Å². The number of carbonyl (C=O) groups is 1. The Balaban J connectivity index is 2.32. The number of ketones is 1. The van der Waals surface area contributed by atoms with Crippen molar-refractivity contribution in [1.29, 1.82) is 0 Å². The molecule has 0 N–H and O–H groups in total. The molecule has 2 aliphatic rings. The average molecular weight is 178 g/mol. The smallest absolute Gasteiger partial charge is 0.155 e. The van der Waals surface area contributed by atoms with Gasteiger partial charge in [-0.3, -0.25) is 4.79 Å². The van der Waals surface area contributed by atoms with Crippen LogP contribution < -0.4 is 0 Å². The first-order chi connectivity index (χ1) is 6.09. The Hall–Kier alpha value is -0.590. The molecule has 0 aromatic carbocycles. The predicted molar refractivity (Wildman–Crippen MR) is 53.4 cm³/mol. The molecule has 2 rings (SSSR count). The Morgan fingerprint density at radius 3 is 2.92 bits per heavy atom. The fourth-order valence-corrected chi connectivity index (χ4v) is 2.82. The topological polar surface area (TPSA) is 17.1 Å². The molecule has 1 unspecified atom stereocenters. The van der Waals surface area contributed by atoms with Crippen LogP contribution in [0.3, 0.4) is 0 Å². The van der Waals surface area contributed by atoms with E-state index in [9.17, 15) is 4.79 Å². The maximum absolute atomic E-state index is 11.3. The average Bonchev–Trinajstić information content (AvgIpc) is 2.06. The van der Waals surface area contributed by atoms with E-state index in [1.165, 1.54) is 24.8 Å². The molecule has 0 bridgehead atoms. The Kier molecular flexibility index (Phi) is 2.05. The number of fused-ring (bicyclic) bond motifs is 1. The standard InChI is InChI=1S/C12H18O/c1-12(2)7-3-4-9-5-6-10(13)8-11(9)12/h8-9H,3-7H2,1-2H3. The van der Waals surface area contributed by atoms with Crippen LogP contribution in [-0.2, 0) is 4.79 Å².